The Bertz CT molecular complexity index is 646. The summed E-state index contributed by atoms with van der Waals surface area (Å²) in [7, 11) is 0. The molecule has 1 aromatic carbocycles. The lowest BCUT2D eigenvalue weighted by Crippen LogP contribution is -2.25. The SMILES string of the molecule is O=C(CCNc1ncccc1[N+](=O)[O-])NCc1ccccc1. The molecule has 114 valence electrons. The van der Waals surface area contributed by atoms with Crippen molar-refractivity contribution in [1.29, 1.82) is 0 Å². The summed E-state index contributed by atoms with van der Waals surface area (Å²) in [5.74, 6) is 0.0401. The molecule has 7 nitrogen and oxygen atoms in total. The maximum atomic E-state index is 11.7. The molecule has 1 aromatic heterocycles. The van der Waals surface area contributed by atoms with Crippen molar-refractivity contribution < 1.29 is 9.72 Å². The maximum absolute atomic E-state index is 11.7. The minimum Gasteiger partial charge on any atom is -0.364 e. The molecular weight excluding hydrogens is 284 g/mol. The molecule has 0 aliphatic rings. The summed E-state index contributed by atoms with van der Waals surface area (Å²) in [5.41, 5.74) is 0.913. The second kappa shape index (κ2) is 7.72. The van der Waals surface area contributed by atoms with E-state index in [1.165, 1.54) is 18.3 Å². The molecule has 1 amide bonds. The first-order valence-electron chi connectivity index (χ1n) is 6.80. The van der Waals surface area contributed by atoms with Gasteiger partial charge in [0.1, 0.15) is 0 Å². The van der Waals surface area contributed by atoms with Crippen LogP contribution in [0, 0.1) is 10.1 Å². The lowest BCUT2D eigenvalue weighted by Gasteiger charge is -2.07. The first-order valence-corrected chi connectivity index (χ1v) is 6.80. The molecule has 2 aromatic rings. The highest BCUT2D eigenvalue weighted by Crippen LogP contribution is 2.19. The van der Waals surface area contributed by atoms with E-state index in [9.17, 15) is 14.9 Å². The number of nitro groups is 1. The smallest absolute Gasteiger partial charge is 0.311 e. The lowest BCUT2D eigenvalue weighted by molar-refractivity contribution is -0.384. The van der Waals surface area contributed by atoms with Crippen LogP contribution in [0.2, 0.25) is 0 Å². The average Bonchev–Trinajstić information content (AvgIpc) is 2.54. The van der Waals surface area contributed by atoms with E-state index in [4.69, 9.17) is 0 Å². The number of carbonyl (C=O) groups is 1. The third-order valence-electron chi connectivity index (χ3n) is 2.96. The zero-order chi connectivity index (χ0) is 15.8. The highest BCUT2D eigenvalue weighted by atomic mass is 16.6. The number of anilines is 1. The fraction of sp³-hybridized carbons (Fsp3) is 0.200. The summed E-state index contributed by atoms with van der Waals surface area (Å²) in [6, 6.07) is 12.4. The van der Waals surface area contributed by atoms with Gasteiger partial charge in [0.25, 0.3) is 0 Å². The van der Waals surface area contributed by atoms with Crippen molar-refractivity contribution in [3.05, 3.63) is 64.3 Å². The Labute approximate surface area is 127 Å². The van der Waals surface area contributed by atoms with Gasteiger partial charge in [-0.15, -0.1) is 0 Å². The van der Waals surface area contributed by atoms with Crippen molar-refractivity contribution >= 4 is 17.4 Å². The second-order valence-corrected chi connectivity index (χ2v) is 4.57. The predicted molar refractivity (Wildman–Crippen MR) is 82.3 cm³/mol. The van der Waals surface area contributed by atoms with Crippen molar-refractivity contribution in [3.8, 4) is 0 Å². The molecule has 2 N–H and O–H groups in total. The van der Waals surface area contributed by atoms with E-state index < -0.39 is 4.92 Å². The van der Waals surface area contributed by atoms with Crippen LogP contribution >= 0.6 is 0 Å². The van der Waals surface area contributed by atoms with Crippen molar-refractivity contribution in [2.45, 2.75) is 13.0 Å². The van der Waals surface area contributed by atoms with Gasteiger partial charge in [0.05, 0.1) is 4.92 Å². The Morgan fingerprint density at radius 3 is 2.68 bits per heavy atom. The Kier molecular flexibility index (Phi) is 5.42. The number of amides is 1. The van der Waals surface area contributed by atoms with Gasteiger partial charge < -0.3 is 10.6 Å². The average molecular weight is 300 g/mol. The molecule has 0 aliphatic heterocycles. The molecule has 0 radical (unpaired) electrons. The number of hydrogen-bond donors (Lipinski definition) is 2. The molecule has 22 heavy (non-hydrogen) atoms. The van der Waals surface area contributed by atoms with Crippen LogP contribution in [0.25, 0.3) is 0 Å². The van der Waals surface area contributed by atoms with Crippen molar-refractivity contribution in [2.75, 3.05) is 11.9 Å². The van der Waals surface area contributed by atoms with Gasteiger partial charge in [-0.25, -0.2) is 4.98 Å². The van der Waals surface area contributed by atoms with Crippen LogP contribution in [-0.4, -0.2) is 22.4 Å². The summed E-state index contributed by atoms with van der Waals surface area (Å²) in [5, 5.41) is 16.4. The van der Waals surface area contributed by atoms with Crippen LogP contribution < -0.4 is 10.6 Å². The number of nitrogens with one attached hydrogen (secondary N) is 2. The Balaban J connectivity index is 1.77. The van der Waals surface area contributed by atoms with Gasteiger partial charge in [-0.1, -0.05) is 30.3 Å². The van der Waals surface area contributed by atoms with Gasteiger partial charge >= 0.3 is 5.69 Å². The standard InChI is InChI=1S/C15H16N4O3/c20-14(18-11-12-5-2-1-3-6-12)8-10-17-15-13(19(21)22)7-4-9-16-15/h1-7,9H,8,10-11H2,(H,16,17)(H,18,20). The predicted octanol–water partition coefficient (Wildman–Crippen LogP) is 2.11. The van der Waals surface area contributed by atoms with E-state index >= 15 is 0 Å². The molecule has 0 spiro atoms. The molecule has 7 heteroatoms. The van der Waals surface area contributed by atoms with Crippen molar-refractivity contribution in [1.82, 2.24) is 10.3 Å². The molecular formula is C15H16N4O3. The van der Waals surface area contributed by atoms with Gasteiger partial charge in [0, 0.05) is 31.8 Å². The van der Waals surface area contributed by atoms with E-state index in [1.807, 2.05) is 30.3 Å². The fourth-order valence-electron chi connectivity index (χ4n) is 1.86. The van der Waals surface area contributed by atoms with E-state index in [0.29, 0.717) is 6.54 Å². The fourth-order valence-corrected chi connectivity index (χ4v) is 1.86. The monoisotopic (exact) mass is 300 g/mol. The van der Waals surface area contributed by atoms with E-state index in [2.05, 4.69) is 15.6 Å². The summed E-state index contributed by atoms with van der Waals surface area (Å²) < 4.78 is 0. The van der Waals surface area contributed by atoms with Gasteiger partial charge in [0.15, 0.2) is 0 Å². The normalized spacial score (nSPS) is 10.0. The minimum atomic E-state index is -0.509. The summed E-state index contributed by atoms with van der Waals surface area (Å²) in [6.07, 6.45) is 1.67. The molecule has 0 saturated heterocycles. The van der Waals surface area contributed by atoms with Gasteiger partial charge in [-0.2, -0.15) is 0 Å². The van der Waals surface area contributed by atoms with E-state index in [-0.39, 0.29) is 30.4 Å². The molecule has 1 heterocycles. The highest BCUT2D eigenvalue weighted by Gasteiger charge is 2.13. The third kappa shape index (κ3) is 4.55. The molecule has 0 unspecified atom stereocenters. The van der Waals surface area contributed by atoms with Crippen LogP contribution in [0.3, 0.4) is 0 Å². The number of benzene rings is 1. The van der Waals surface area contributed by atoms with Gasteiger partial charge in [-0.05, 0) is 11.6 Å². The number of pyridine rings is 1. The van der Waals surface area contributed by atoms with Crippen LogP contribution in [0.5, 0.6) is 0 Å². The summed E-state index contributed by atoms with van der Waals surface area (Å²) >= 11 is 0. The molecule has 0 atom stereocenters. The van der Waals surface area contributed by atoms with Crippen molar-refractivity contribution in [3.63, 3.8) is 0 Å². The van der Waals surface area contributed by atoms with E-state index in [1.54, 1.807) is 0 Å². The molecule has 0 fully saturated rings. The Hall–Kier alpha value is -2.96. The Morgan fingerprint density at radius 2 is 1.95 bits per heavy atom. The van der Waals surface area contributed by atoms with Gasteiger partial charge in [-0.3, -0.25) is 14.9 Å². The zero-order valence-electron chi connectivity index (χ0n) is 11.9. The van der Waals surface area contributed by atoms with E-state index in [0.717, 1.165) is 5.56 Å². The number of aromatic nitrogens is 1. The molecule has 2 rings (SSSR count). The van der Waals surface area contributed by atoms with Gasteiger partial charge in [0.2, 0.25) is 11.7 Å². The highest BCUT2D eigenvalue weighted by molar-refractivity contribution is 5.76. The Morgan fingerprint density at radius 1 is 1.18 bits per heavy atom. The number of hydrogen-bond acceptors (Lipinski definition) is 5. The second-order valence-electron chi connectivity index (χ2n) is 4.57. The molecule has 0 bridgehead atoms. The quantitative estimate of drug-likeness (QED) is 0.603. The van der Waals surface area contributed by atoms with Crippen molar-refractivity contribution in [2.24, 2.45) is 0 Å². The number of rotatable bonds is 7. The van der Waals surface area contributed by atoms with Crippen LogP contribution in [-0.2, 0) is 11.3 Å². The first-order chi connectivity index (χ1) is 10.7. The minimum absolute atomic E-state index is 0.104. The van der Waals surface area contributed by atoms with Crippen LogP contribution in [0.15, 0.2) is 48.7 Å². The van der Waals surface area contributed by atoms with Crippen LogP contribution in [0.1, 0.15) is 12.0 Å². The summed E-state index contributed by atoms with van der Waals surface area (Å²) in [4.78, 5) is 25.9. The maximum Gasteiger partial charge on any atom is 0.311 e. The number of carbonyl (C=O) groups excluding carboxylic acids is 1. The number of nitrogens with zero attached hydrogens (tertiary/aromatic N) is 2. The first kappa shape index (κ1) is 15.4. The zero-order valence-corrected chi connectivity index (χ0v) is 11.9. The largest absolute Gasteiger partial charge is 0.364 e. The molecule has 0 aliphatic carbocycles. The third-order valence-corrected chi connectivity index (χ3v) is 2.96. The van der Waals surface area contributed by atoms with Crippen LogP contribution in [0.4, 0.5) is 11.5 Å². The lowest BCUT2D eigenvalue weighted by atomic mass is 10.2. The molecule has 0 saturated carbocycles. The summed E-state index contributed by atoms with van der Waals surface area (Å²) in [6.45, 7) is 0.738. The topological polar surface area (TPSA) is 97.2 Å².